The third-order valence-corrected chi connectivity index (χ3v) is 5.58. The Balaban J connectivity index is 1.74. The molecule has 1 aliphatic rings. The summed E-state index contributed by atoms with van der Waals surface area (Å²) in [5, 5.41) is 1.98. The number of alkyl halides is 2. The third-order valence-electron chi connectivity index (χ3n) is 3.74. The maximum absolute atomic E-state index is 12.1. The molecule has 0 spiro atoms. The van der Waals surface area contributed by atoms with Crippen LogP contribution in [0.1, 0.15) is 23.2 Å². The van der Waals surface area contributed by atoms with Gasteiger partial charge in [0, 0.05) is 12.0 Å². The van der Waals surface area contributed by atoms with E-state index in [1.807, 2.05) is 5.32 Å². The topological polar surface area (TPSA) is 116 Å². The molecule has 1 heterocycles. The highest BCUT2D eigenvalue weighted by molar-refractivity contribution is 7.91. The predicted octanol–water partition coefficient (Wildman–Crippen LogP) is 0.912. The Morgan fingerprint density at radius 3 is 2.41 bits per heavy atom. The molecule has 0 aromatic heterocycles. The van der Waals surface area contributed by atoms with Crippen LogP contribution < -0.4 is 10.1 Å². The van der Waals surface area contributed by atoms with Gasteiger partial charge in [0.05, 0.1) is 11.5 Å². The zero-order valence-electron chi connectivity index (χ0n) is 14.0. The molecule has 148 valence electrons. The van der Waals surface area contributed by atoms with Crippen LogP contribution >= 0.6 is 0 Å². The van der Waals surface area contributed by atoms with E-state index >= 15 is 0 Å². The summed E-state index contributed by atoms with van der Waals surface area (Å²) in [5.74, 6) is -2.94. The highest BCUT2D eigenvalue weighted by Gasteiger charge is 2.30. The fourth-order valence-electron chi connectivity index (χ4n) is 2.50. The van der Waals surface area contributed by atoms with E-state index in [2.05, 4.69) is 4.74 Å². The molecule has 1 atom stereocenters. The van der Waals surface area contributed by atoms with Crippen LogP contribution in [-0.2, 0) is 24.2 Å². The lowest BCUT2D eigenvalue weighted by molar-refractivity contribution is -0.149. The highest BCUT2D eigenvalue weighted by atomic mass is 32.2. The van der Waals surface area contributed by atoms with Crippen molar-refractivity contribution in [1.82, 2.24) is 5.32 Å². The second-order valence-corrected chi connectivity index (χ2v) is 8.14. The molecule has 11 heteroatoms. The number of rotatable bonds is 7. The van der Waals surface area contributed by atoms with E-state index in [0.717, 1.165) is 12.1 Å². The molecule has 27 heavy (non-hydrogen) atoms. The van der Waals surface area contributed by atoms with Gasteiger partial charge in [-0.15, -0.1) is 0 Å². The van der Waals surface area contributed by atoms with Gasteiger partial charge in [0.1, 0.15) is 5.75 Å². The van der Waals surface area contributed by atoms with Crippen molar-refractivity contribution < 1.29 is 41.1 Å². The van der Waals surface area contributed by atoms with Crippen molar-refractivity contribution in [2.24, 2.45) is 5.92 Å². The minimum absolute atomic E-state index is 0.0208. The molecule has 1 aliphatic heterocycles. The summed E-state index contributed by atoms with van der Waals surface area (Å²) in [4.78, 5) is 35.1. The molecule has 2 amide bonds. The molecule has 1 aromatic rings. The number of hydrogen-bond acceptors (Lipinski definition) is 7. The van der Waals surface area contributed by atoms with Crippen molar-refractivity contribution in [2.45, 2.75) is 19.5 Å². The molecule has 8 nitrogen and oxygen atoms in total. The van der Waals surface area contributed by atoms with E-state index in [9.17, 15) is 31.6 Å². The average molecular weight is 405 g/mol. The van der Waals surface area contributed by atoms with Gasteiger partial charge in [-0.2, -0.15) is 8.78 Å². The second-order valence-electron chi connectivity index (χ2n) is 5.91. The molecule has 0 radical (unpaired) electrons. The van der Waals surface area contributed by atoms with E-state index < -0.39 is 40.8 Å². The predicted molar refractivity (Wildman–Crippen MR) is 87.9 cm³/mol. The number of sulfone groups is 1. The summed E-state index contributed by atoms with van der Waals surface area (Å²) in [5.41, 5.74) is 0.0208. The maximum Gasteiger partial charge on any atom is 0.387 e. The summed E-state index contributed by atoms with van der Waals surface area (Å²) in [6, 6.07) is 4.65. The van der Waals surface area contributed by atoms with Gasteiger partial charge in [-0.3, -0.25) is 19.7 Å². The Morgan fingerprint density at radius 2 is 1.85 bits per heavy atom. The zero-order valence-corrected chi connectivity index (χ0v) is 14.8. The van der Waals surface area contributed by atoms with Crippen molar-refractivity contribution in [3.8, 4) is 5.75 Å². The van der Waals surface area contributed by atoms with Crippen molar-refractivity contribution >= 4 is 27.6 Å². The van der Waals surface area contributed by atoms with Gasteiger partial charge in [-0.05, 0) is 36.6 Å². The van der Waals surface area contributed by atoms with Crippen molar-refractivity contribution in [3.63, 3.8) is 0 Å². The van der Waals surface area contributed by atoms with Crippen LogP contribution in [0, 0.1) is 5.92 Å². The molecule has 1 aromatic carbocycles. The minimum atomic E-state index is -3.11. The lowest BCUT2D eigenvalue weighted by atomic mass is 10.1. The molecule has 1 saturated heterocycles. The number of hydrogen-bond donors (Lipinski definition) is 1. The van der Waals surface area contributed by atoms with E-state index in [1.54, 1.807) is 0 Å². The Morgan fingerprint density at radius 1 is 1.19 bits per heavy atom. The quantitative estimate of drug-likeness (QED) is 0.671. The van der Waals surface area contributed by atoms with Gasteiger partial charge in [-0.1, -0.05) is 0 Å². The SMILES string of the molecule is O=C(COC(=O)C[C@@H]1CCS(=O)(=O)C1)NC(=O)c1ccc(OC(F)F)cc1. The van der Waals surface area contributed by atoms with Gasteiger partial charge in [0.15, 0.2) is 16.4 Å². The summed E-state index contributed by atoms with van der Waals surface area (Å²) in [6.07, 6.45) is 0.249. The van der Waals surface area contributed by atoms with Gasteiger partial charge < -0.3 is 9.47 Å². The Labute approximate surface area is 153 Å². The fourth-order valence-corrected chi connectivity index (χ4v) is 4.36. The lowest BCUT2D eigenvalue weighted by Gasteiger charge is -2.09. The first kappa shape index (κ1) is 20.7. The van der Waals surface area contributed by atoms with Crippen LogP contribution in [0.2, 0.25) is 0 Å². The fraction of sp³-hybridized carbons (Fsp3) is 0.438. The van der Waals surface area contributed by atoms with Crippen LogP contribution in [0.3, 0.4) is 0 Å². The third kappa shape index (κ3) is 6.93. The second kappa shape index (κ2) is 8.89. The molecule has 1 fully saturated rings. The van der Waals surface area contributed by atoms with Crippen LogP contribution in [-0.4, -0.2) is 50.9 Å². The van der Waals surface area contributed by atoms with Crippen molar-refractivity contribution in [1.29, 1.82) is 0 Å². The number of esters is 1. The van der Waals surface area contributed by atoms with E-state index in [1.165, 1.54) is 12.1 Å². The Bertz CT molecular complexity index is 809. The van der Waals surface area contributed by atoms with Crippen LogP contribution in [0.4, 0.5) is 8.78 Å². The molecule has 1 N–H and O–H groups in total. The standard InChI is InChI=1S/C16H17F2NO7S/c17-16(18)26-12-3-1-11(2-4-12)15(22)19-13(20)8-25-14(21)7-10-5-6-27(23,24)9-10/h1-4,10,16H,5-9H2,(H,19,20,22)/t10-/m0/s1. The number of carbonyl (C=O) groups excluding carboxylic acids is 3. The highest BCUT2D eigenvalue weighted by Crippen LogP contribution is 2.21. The maximum atomic E-state index is 12.1. The Hall–Kier alpha value is -2.56. The zero-order chi connectivity index (χ0) is 20.0. The summed E-state index contributed by atoms with van der Waals surface area (Å²) >= 11 is 0. The largest absolute Gasteiger partial charge is 0.456 e. The molecule has 0 aliphatic carbocycles. The monoisotopic (exact) mass is 405 g/mol. The number of nitrogens with one attached hydrogen (secondary N) is 1. The summed E-state index contributed by atoms with van der Waals surface area (Å²) in [6.45, 7) is -3.69. The van der Waals surface area contributed by atoms with Gasteiger partial charge in [0.25, 0.3) is 11.8 Å². The normalized spacial score (nSPS) is 18.1. The summed E-state index contributed by atoms with van der Waals surface area (Å²) in [7, 11) is -3.11. The van der Waals surface area contributed by atoms with Gasteiger partial charge in [-0.25, -0.2) is 8.42 Å². The number of benzene rings is 1. The van der Waals surface area contributed by atoms with E-state index in [-0.39, 0.29) is 35.2 Å². The average Bonchev–Trinajstić information content (AvgIpc) is 2.91. The van der Waals surface area contributed by atoms with Crippen LogP contribution in [0.5, 0.6) is 5.75 Å². The molecule has 0 saturated carbocycles. The summed E-state index contributed by atoms with van der Waals surface area (Å²) < 4.78 is 55.6. The Kier molecular flexibility index (Phi) is 6.83. The van der Waals surface area contributed by atoms with Gasteiger partial charge >= 0.3 is 12.6 Å². The number of imide groups is 1. The first-order valence-corrected chi connectivity index (χ1v) is 9.72. The lowest BCUT2D eigenvalue weighted by Crippen LogP contribution is -2.34. The number of carbonyl (C=O) groups is 3. The van der Waals surface area contributed by atoms with Crippen LogP contribution in [0.25, 0.3) is 0 Å². The number of ether oxygens (including phenoxy) is 2. The molecule has 2 rings (SSSR count). The molecular formula is C16H17F2NO7S. The first-order chi connectivity index (χ1) is 12.6. The van der Waals surface area contributed by atoms with Gasteiger partial charge in [0.2, 0.25) is 0 Å². The van der Waals surface area contributed by atoms with E-state index in [4.69, 9.17) is 4.74 Å². The van der Waals surface area contributed by atoms with E-state index in [0.29, 0.717) is 6.42 Å². The van der Waals surface area contributed by atoms with Crippen molar-refractivity contribution in [3.05, 3.63) is 29.8 Å². The molecule has 0 unspecified atom stereocenters. The minimum Gasteiger partial charge on any atom is -0.456 e. The smallest absolute Gasteiger partial charge is 0.387 e. The van der Waals surface area contributed by atoms with Crippen molar-refractivity contribution in [2.75, 3.05) is 18.1 Å². The van der Waals surface area contributed by atoms with Crippen LogP contribution in [0.15, 0.2) is 24.3 Å². The number of amides is 2. The first-order valence-electron chi connectivity index (χ1n) is 7.90. The molecule has 0 bridgehead atoms. The molecular weight excluding hydrogens is 388 g/mol. The number of halogens is 2.